The largest absolute Gasteiger partial charge is 0.362 e. The Morgan fingerprint density at radius 1 is 1.00 bits per heavy atom. The SMILES string of the molecule is O=C1CCN(c2ncc(C(=O)Nc3nc(-c4cc(Cl)cs4)c(N4CCC(C5CCCCC5)CC4)s3)cc2Cl)CCN1. The number of rotatable bonds is 6. The molecule has 1 saturated carbocycles. The first-order chi connectivity index (χ1) is 19.9. The first-order valence-corrected chi connectivity index (χ1v) is 16.9. The van der Waals surface area contributed by atoms with E-state index < -0.39 is 0 Å². The molecule has 0 atom stereocenters. The Bertz CT molecular complexity index is 1400. The Balaban J connectivity index is 1.18. The van der Waals surface area contributed by atoms with E-state index in [1.165, 1.54) is 62.5 Å². The molecule has 1 aliphatic carbocycles. The molecule has 6 rings (SSSR count). The Morgan fingerprint density at radius 2 is 1.78 bits per heavy atom. The molecule has 41 heavy (non-hydrogen) atoms. The zero-order valence-corrected chi connectivity index (χ0v) is 26.0. The summed E-state index contributed by atoms with van der Waals surface area (Å²) in [7, 11) is 0. The number of anilines is 3. The van der Waals surface area contributed by atoms with Crippen molar-refractivity contribution in [1.29, 1.82) is 0 Å². The fourth-order valence-electron chi connectivity index (χ4n) is 6.29. The van der Waals surface area contributed by atoms with Gasteiger partial charge in [-0.3, -0.25) is 14.9 Å². The number of nitrogens with one attached hydrogen (secondary N) is 2. The van der Waals surface area contributed by atoms with E-state index >= 15 is 0 Å². The second kappa shape index (κ2) is 12.9. The Kier molecular flexibility index (Phi) is 9.00. The third kappa shape index (κ3) is 6.66. The molecule has 3 aliphatic rings. The minimum atomic E-state index is -0.314. The zero-order chi connectivity index (χ0) is 28.3. The molecule has 0 bridgehead atoms. The maximum atomic E-state index is 13.3. The number of hydrogen-bond donors (Lipinski definition) is 2. The summed E-state index contributed by atoms with van der Waals surface area (Å²) in [6, 6.07) is 3.57. The molecule has 2 N–H and O–H groups in total. The van der Waals surface area contributed by atoms with Crippen LogP contribution in [0, 0.1) is 11.8 Å². The van der Waals surface area contributed by atoms with Crippen molar-refractivity contribution in [1.82, 2.24) is 15.3 Å². The molecule has 218 valence electrons. The lowest BCUT2D eigenvalue weighted by atomic mass is 9.76. The number of piperidine rings is 1. The van der Waals surface area contributed by atoms with E-state index in [1.807, 2.05) is 16.3 Å². The topological polar surface area (TPSA) is 90.5 Å². The minimum absolute atomic E-state index is 0.0141. The van der Waals surface area contributed by atoms with Crippen LogP contribution in [0.5, 0.6) is 0 Å². The molecule has 3 fully saturated rings. The van der Waals surface area contributed by atoms with Gasteiger partial charge in [0.25, 0.3) is 5.91 Å². The normalized spacial score (nSPS) is 19.2. The predicted octanol–water partition coefficient (Wildman–Crippen LogP) is 6.95. The summed E-state index contributed by atoms with van der Waals surface area (Å²) in [6.45, 7) is 3.67. The predicted molar refractivity (Wildman–Crippen MR) is 169 cm³/mol. The van der Waals surface area contributed by atoms with Gasteiger partial charge < -0.3 is 15.1 Å². The number of hydrogen-bond acceptors (Lipinski definition) is 8. The van der Waals surface area contributed by atoms with E-state index in [-0.39, 0.29) is 11.8 Å². The number of thiazole rings is 1. The van der Waals surface area contributed by atoms with Gasteiger partial charge in [0.15, 0.2) is 5.13 Å². The first-order valence-electron chi connectivity index (χ1n) is 14.4. The van der Waals surface area contributed by atoms with Crippen molar-refractivity contribution >= 4 is 73.6 Å². The van der Waals surface area contributed by atoms with Crippen LogP contribution in [0.1, 0.15) is 61.7 Å². The van der Waals surface area contributed by atoms with Gasteiger partial charge in [-0.15, -0.1) is 11.3 Å². The molecular formula is C29H34Cl2N6O2S2. The van der Waals surface area contributed by atoms with Gasteiger partial charge in [-0.1, -0.05) is 66.6 Å². The summed E-state index contributed by atoms with van der Waals surface area (Å²) >= 11 is 15.9. The monoisotopic (exact) mass is 632 g/mol. The average Bonchev–Trinajstić information content (AvgIpc) is 3.55. The quantitative estimate of drug-likeness (QED) is 0.306. The molecule has 2 saturated heterocycles. The van der Waals surface area contributed by atoms with Crippen molar-refractivity contribution in [2.75, 3.05) is 47.8 Å². The van der Waals surface area contributed by atoms with E-state index in [0.717, 1.165) is 40.5 Å². The maximum absolute atomic E-state index is 13.3. The summed E-state index contributed by atoms with van der Waals surface area (Å²) < 4.78 is 0. The van der Waals surface area contributed by atoms with Gasteiger partial charge in [0.05, 0.1) is 20.5 Å². The van der Waals surface area contributed by atoms with Crippen molar-refractivity contribution < 1.29 is 9.59 Å². The highest BCUT2D eigenvalue weighted by Gasteiger charge is 2.30. The molecular weight excluding hydrogens is 599 g/mol. The molecule has 3 aromatic rings. The molecule has 5 heterocycles. The molecule has 2 amide bonds. The van der Waals surface area contributed by atoms with Crippen molar-refractivity contribution in [2.45, 2.75) is 51.4 Å². The minimum Gasteiger partial charge on any atom is -0.362 e. The number of carbonyl (C=O) groups is 2. The molecule has 12 heteroatoms. The molecule has 8 nitrogen and oxygen atoms in total. The number of halogens is 2. The van der Waals surface area contributed by atoms with Crippen LogP contribution in [-0.4, -0.2) is 54.5 Å². The molecule has 0 spiro atoms. The number of aromatic nitrogens is 2. The van der Waals surface area contributed by atoms with E-state index in [2.05, 4.69) is 20.5 Å². The van der Waals surface area contributed by atoms with Crippen molar-refractivity contribution in [3.63, 3.8) is 0 Å². The van der Waals surface area contributed by atoms with E-state index in [1.54, 1.807) is 17.4 Å². The molecule has 3 aromatic heterocycles. The molecule has 0 unspecified atom stereocenters. The molecule has 0 radical (unpaired) electrons. The third-order valence-corrected chi connectivity index (χ3v) is 11.1. The molecule has 2 aliphatic heterocycles. The molecule has 0 aromatic carbocycles. The summed E-state index contributed by atoms with van der Waals surface area (Å²) in [5.41, 5.74) is 1.22. The summed E-state index contributed by atoms with van der Waals surface area (Å²) in [6.07, 6.45) is 11.2. The van der Waals surface area contributed by atoms with Crippen LogP contribution < -0.4 is 20.4 Å². The van der Waals surface area contributed by atoms with Gasteiger partial charge in [0.1, 0.15) is 16.5 Å². The van der Waals surface area contributed by atoms with Crippen LogP contribution in [0.25, 0.3) is 10.6 Å². The Labute approximate surface area is 258 Å². The van der Waals surface area contributed by atoms with Crippen molar-refractivity contribution in [2.24, 2.45) is 11.8 Å². The first kappa shape index (κ1) is 28.7. The number of nitrogens with zero attached hydrogens (tertiary/aromatic N) is 4. The maximum Gasteiger partial charge on any atom is 0.259 e. The number of pyridine rings is 1. The van der Waals surface area contributed by atoms with E-state index in [9.17, 15) is 9.59 Å². The fourth-order valence-corrected chi connectivity index (χ4v) is 8.73. The number of thiophene rings is 1. The summed E-state index contributed by atoms with van der Waals surface area (Å²) in [5, 5.41) is 10.4. The van der Waals surface area contributed by atoms with Crippen LogP contribution in [-0.2, 0) is 4.79 Å². The van der Waals surface area contributed by atoms with Gasteiger partial charge >= 0.3 is 0 Å². The van der Waals surface area contributed by atoms with Gasteiger partial charge in [-0.25, -0.2) is 9.97 Å². The summed E-state index contributed by atoms with van der Waals surface area (Å²) in [5.74, 6) is 1.96. The lowest BCUT2D eigenvalue weighted by Gasteiger charge is -2.38. The smallest absolute Gasteiger partial charge is 0.259 e. The van der Waals surface area contributed by atoms with Crippen LogP contribution in [0.15, 0.2) is 23.7 Å². The highest BCUT2D eigenvalue weighted by atomic mass is 35.5. The van der Waals surface area contributed by atoms with Crippen LogP contribution in [0.3, 0.4) is 0 Å². The fraction of sp³-hybridized carbons (Fsp3) is 0.517. The highest BCUT2D eigenvalue weighted by Crippen LogP contribution is 2.44. The van der Waals surface area contributed by atoms with Crippen LogP contribution in [0.4, 0.5) is 16.0 Å². The highest BCUT2D eigenvalue weighted by molar-refractivity contribution is 7.21. The van der Waals surface area contributed by atoms with Gasteiger partial charge in [-0.05, 0) is 36.8 Å². The van der Waals surface area contributed by atoms with Gasteiger partial charge in [0.2, 0.25) is 5.91 Å². The zero-order valence-electron chi connectivity index (χ0n) is 22.8. The van der Waals surface area contributed by atoms with Gasteiger partial charge in [0, 0.05) is 50.7 Å². The lowest BCUT2D eigenvalue weighted by Crippen LogP contribution is -2.36. The third-order valence-electron chi connectivity index (χ3n) is 8.47. The number of amides is 2. The van der Waals surface area contributed by atoms with Gasteiger partial charge in [-0.2, -0.15) is 0 Å². The second-order valence-electron chi connectivity index (χ2n) is 11.1. The van der Waals surface area contributed by atoms with Crippen LogP contribution >= 0.6 is 45.9 Å². The second-order valence-corrected chi connectivity index (χ2v) is 13.8. The van der Waals surface area contributed by atoms with E-state index in [4.69, 9.17) is 28.2 Å². The Morgan fingerprint density at radius 3 is 2.51 bits per heavy atom. The average molecular weight is 634 g/mol. The Hall–Kier alpha value is -2.40. The van der Waals surface area contributed by atoms with Crippen molar-refractivity contribution in [3.8, 4) is 10.6 Å². The van der Waals surface area contributed by atoms with E-state index in [0.29, 0.717) is 52.6 Å². The summed E-state index contributed by atoms with van der Waals surface area (Å²) in [4.78, 5) is 39.7. The number of carbonyl (C=O) groups excluding carboxylic acids is 2. The lowest BCUT2D eigenvalue weighted by molar-refractivity contribution is -0.120. The van der Waals surface area contributed by atoms with Crippen LogP contribution in [0.2, 0.25) is 10.0 Å². The standard InChI is InChI=1S/C29H34Cl2N6O2S2/c30-21-15-23(40-17-21)25-28(37-10-6-19(7-11-37)18-4-2-1-3-5-18)41-29(34-25)35-27(39)20-14-22(31)26(33-16-20)36-12-8-24(38)32-9-13-36/h14-19H,1-13H2,(H,32,38)(H,34,35,39). The van der Waals surface area contributed by atoms with Crippen molar-refractivity contribution in [3.05, 3.63) is 39.3 Å².